The van der Waals surface area contributed by atoms with E-state index in [1.165, 1.54) is 0 Å². The zero-order chi connectivity index (χ0) is 21.0. The molecule has 1 atom stereocenters. The molecule has 1 aromatic rings. The van der Waals surface area contributed by atoms with E-state index in [1.54, 1.807) is 18.2 Å². The molecule has 1 aliphatic heterocycles. The number of rotatable bonds is 7. The van der Waals surface area contributed by atoms with Gasteiger partial charge in [0.2, 0.25) is 0 Å². The number of carbonyl (C=O) groups is 2. The topological polar surface area (TPSA) is 84.9 Å². The Labute approximate surface area is 171 Å². The van der Waals surface area contributed by atoms with Crippen molar-refractivity contribution < 1.29 is 24.2 Å². The van der Waals surface area contributed by atoms with Crippen molar-refractivity contribution in [2.75, 3.05) is 13.2 Å². The first kappa shape index (κ1) is 21.0. The summed E-state index contributed by atoms with van der Waals surface area (Å²) in [4.78, 5) is 25.9. The van der Waals surface area contributed by atoms with E-state index in [1.807, 2.05) is 20.8 Å². The van der Waals surface area contributed by atoms with Crippen LogP contribution in [0.4, 0.5) is 0 Å². The standard InChI is InChI=1S/C23H29NO5/c1-4-6-12-29-23(27)20-14(3)24-16-8-7-9-18(26)22(16)21(20)15-10-11-17(25)19(13-15)28-5-2/h10-11,13,21,24-25H,4-9,12H2,1-3H3/t21-/m0/s1. The van der Waals surface area contributed by atoms with Crippen molar-refractivity contribution in [2.45, 2.75) is 58.8 Å². The number of unbranched alkanes of at least 4 members (excludes halogenated alkanes) is 1. The van der Waals surface area contributed by atoms with Crippen molar-refractivity contribution in [3.05, 3.63) is 46.3 Å². The molecule has 3 rings (SSSR count). The summed E-state index contributed by atoms with van der Waals surface area (Å²) >= 11 is 0. The number of phenolic OH excluding ortho intramolecular Hbond substituents is 1. The van der Waals surface area contributed by atoms with Crippen molar-refractivity contribution in [3.8, 4) is 11.5 Å². The minimum atomic E-state index is -0.534. The van der Waals surface area contributed by atoms with E-state index in [0.29, 0.717) is 42.2 Å². The molecule has 0 saturated heterocycles. The fraction of sp³-hybridized carbons (Fsp3) is 0.478. The second-order valence-electron chi connectivity index (χ2n) is 7.42. The van der Waals surface area contributed by atoms with Gasteiger partial charge in [-0.15, -0.1) is 0 Å². The fourth-order valence-corrected chi connectivity index (χ4v) is 3.96. The summed E-state index contributed by atoms with van der Waals surface area (Å²) in [7, 11) is 0. The lowest BCUT2D eigenvalue weighted by molar-refractivity contribution is -0.139. The number of nitrogens with one attached hydrogen (secondary N) is 1. The summed E-state index contributed by atoms with van der Waals surface area (Å²) in [6, 6.07) is 5.01. The first-order valence-electron chi connectivity index (χ1n) is 10.3. The van der Waals surface area contributed by atoms with E-state index in [2.05, 4.69) is 5.32 Å². The number of benzene rings is 1. The van der Waals surface area contributed by atoms with Gasteiger partial charge in [-0.2, -0.15) is 0 Å². The Morgan fingerprint density at radius 3 is 2.79 bits per heavy atom. The molecule has 1 aliphatic carbocycles. The third-order valence-corrected chi connectivity index (χ3v) is 5.34. The second-order valence-corrected chi connectivity index (χ2v) is 7.42. The number of hydrogen-bond acceptors (Lipinski definition) is 6. The van der Waals surface area contributed by atoms with E-state index < -0.39 is 11.9 Å². The lowest BCUT2D eigenvalue weighted by atomic mass is 9.75. The number of dihydropyridines is 1. The Kier molecular flexibility index (Phi) is 6.62. The van der Waals surface area contributed by atoms with Gasteiger partial charge in [-0.1, -0.05) is 19.4 Å². The molecule has 6 nitrogen and oxygen atoms in total. The van der Waals surface area contributed by atoms with E-state index in [9.17, 15) is 14.7 Å². The molecule has 0 aromatic heterocycles. The molecule has 2 aliphatic rings. The maximum absolute atomic E-state index is 13.0. The minimum Gasteiger partial charge on any atom is -0.504 e. The molecular formula is C23H29NO5. The third-order valence-electron chi connectivity index (χ3n) is 5.34. The van der Waals surface area contributed by atoms with Gasteiger partial charge in [0.05, 0.1) is 18.8 Å². The molecule has 2 N–H and O–H groups in total. The second kappa shape index (κ2) is 9.16. The van der Waals surface area contributed by atoms with Gasteiger partial charge in [0, 0.05) is 29.3 Å². The largest absolute Gasteiger partial charge is 0.504 e. The third kappa shape index (κ3) is 4.31. The monoisotopic (exact) mass is 399 g/mol. The van der Waals surface area contributed by atoms with Crippen LogP contribution in [0, 0.1) is 0 Å². The number of allylic oxidation sites excluding steroid dienone is 3. The maximum Gasteiger partial charge on any atom is 0.336 e. The molecule has 0 bridgehead atoms. The summed E-state index contributed by atoms with van der Waals surface area (Å²) in [5.74, 6) is -0.537. The van der Waals surface area contributed by atoms with Gasteiger partial charge in [-0.25, -0.2) is 4.79 Å². The predicted molar refractivity (Wildman–Crippen MR) is 110 cm³/mol. The molecule has 0 unspecified atom stereocenters. The van der Waals surface area contributed by atoms with E-state index in [-0.39, 0.29) is 11.5 Å². The van der Waals surface area contributed by atoms with E-state index >= 15 is 0 Å². The van der Waals surface area contributed by atoms with Gasteiger partial charge in [-0.05, 0) is 50.8 Å². The molecule has 1 aromatic carbocycles. The Morgan fingerprint density at radius 1 is 1.28 bits per heavy atom. The molecule has 1 heterocycles. The van der Waals surface area contributed by atoms with Gasteiger partial charge < -0.3 is 19.9 Å². The average molecular weight is 399 g/mol. The first-order chi connectivity index (χ1) is 14.0. The summed E-state index contributed by atoms with van der Waals surface area (Å²) in [5.41, 5.74) is 3.38. The molecular weight excluding hydrogens is 370 g/mol. The van der Waals surface area contributed by atoms with Gasteiger partial charge in [0.15, 0.2) is 17.3 Å². The number of hydrogen-bond donors (Lipinski definition) is 2. The van der Waals surface area contributed by atoms with Gasteiger partial charge in [0.1, 0.15) is 0 Å². The van der Waals surface area contributed by atoms with Gasteiger partial charge >= 0.3 is 5.97 Å². The van der Waals surface area contributed by atoms with Crippen LogP contribution in [0.25, 0.3) is 0 Å². The molecule has 0 fully saturated rings. The van der Waals surface area contributed by atoms with Gasteiger partial charge in [0.25, 0.3) is 0 Å². The van der Waals surface area contributed by atoms with Crippen molar-refractivity contribution in [1.29, 1.82) is 0 Å². The highest BCUT2D eigenvalue weighted by atomic mass is 16.5. The van der Waals surface area contributed by atoms with E-state index in [0.717, 1.165) is 36.9 Å². The number of ether oxygens (including phenoxy) is 2. The zero-order valence-corrected chi connectivity index (χ0v) is 17.3. The highest BCUT2D eigenvalue weighted by molar-refractivity contribution is 6.03. The van der Waals surface area contributed by atoms with Crippen LogP contribution in [-0.2, 0) is 14.3 Å². The van der Waals surface area contributed by atoms with Gasteiger partial charge in [-0.3, -0.25) is 4.79 Å². The number of ketones is 1. The molecule has 0 spiro atoms. The number of aromatic hydroxyl groups is 1. The molecule has 156 valence electrons. The average Bonchev–Trinajstić information content (AvgIpc) is 2.69. The summed E-state index contributed by atoms with van der Waals surface area (Å²) in [6.45, 7) is 6.46. The van der Waals surface area contributed by atoms with Crippen LogP contribution < -0.4 is 10.1 Å². The SMILES string of the molecule is CCCCOC(=O)C1=C(C)NC2=C(C(=O)CCC2)[C@H]1c1ccc(O)c(OCC)c1. The van der Waals surface area contributed by atoms with Crippen molar-refractivity contribution in [3.63, 3.8) is 0 Å². The highest BCUT2D eigenvalue weighted by Crippen LogP contribution is 2.44. The molecule has 29 heavy (non-hydrogen) atoms. The van der Waals surface area contributed by atoms with Crippen LogP contribution in [0.2, 0.25) is 0 Å². The molecule has 0 radical (unpaired) electrons. The number of Topliss-reactive ketones (excluding diaryl/α,β-unsaturated/α-hetero) is 1. The van der Waals surface area contributed by atoms with Crippen molar-refractivity contribution in [2.24, 2.45) is 0 Å². The molecule has 0 saturated carbocycles. The van der Waals surface area contributed by atoms with Crippen molar-refractivity contribution >= 4 is 11.8 Å². The van der Waals surface area contributed by atoms with Crippen LogP contribution in [0.3, 0.4) is 0 Å². The van der Waals surface area contributed by atoms with E-state index in [4.69, 9.17) is 9.47 Å². The van der Waals surface area contributed by atoms with Crippen LogP contribution in [0.5, 0.6) is 11.5 Å². The maximum atomic E-state index is 13.0. The summed E-state index contributed by atoms with van der Waals surface area (Å²) < 4.78 is 11.0. The minimum absolute atomic E-state index is 0.0292. The lowest BCUT2D eigenvalue weighted by Crippen LogP contribution is -2.34. The molecule has 0 amide bonds. The van der Waals surface area contributed by atoms with Crippen LogP contribution in [-0.4, -0.2) is 30.1 Å². The lowest BCUT2D eigenvalue weighted by Gasteiger charge is -2.34. The Hall–Kier alpha value is -2.76. The normalized spacial score (nSPS) is 19.0. The Balaban J connectivity index is 2.08. The molecule has 6 heteroatoms. The predicted octanol–water partition coefficient (Wildman–Crippen LogP) is 4.10. The number of esters is 1. The quantitative estimate of drug-likeness (QED) is 0.530. The Bertz CT molecular complexity index is 868. The summed E-state index contributed by atoms with van der Waals surface area (Å²) in [6.07, 6.45) is 3.74. The highest BCUT2D eigenvalue weighted by Gasteiger charge is 2.39. The van der Waals surface area contributed by atoms with Crippen LogP contribution in [0.15, 0.2) is 40.7 Å². The van der Waals surface area contributed by atoms with Crippen molar-refractivity contribution in [1.82, 2.24) is 5.32 Å². The summed E-state index contributed by atoms with van der Waals surface area (Å²) in [5, 5.41) is 13.4. The zero-order valence-electron chi connectivity index (χ0n) is 17.3. The Morgan fingerprint density at radius 2 is 2.07 bits per heavy atom. The first-order valence-corrected chi connectivity index (χ1v) is 10.3. The van der Waals surface area contributed by atoms with Crippen LogP contribution in [0.1, 0.15) is 64.4 Å². The number of phenols is 1. The smallest absolute Gasteiger partial charge is 0.336 e. The van der Waals surface area contributed by atoms with Crippen LogP contribution >= 0.6 is 0 Å². The number of carbonyl (C=O) groups excluding carboxylic acids is 2. The fourth-order valence-electron chi connectivity index (χ4n) is 3.96.